The predicted molar refractivity (Wildman–Crippen MR) is 65.7 cm³/mol. The van der Waals surface area contributed by atoms with Gasteiger partial charge in [0.25, 0.3) is 0 Å². The molecule has 1 heterocycles. The molecule has 1 aliphatic rings. The van der Waals surface area contributed by atoms with Crippen molar-refractivity contribution in [3.63, 3.8) is 0 Å². The van der Waals surface area contributed by atoms with Crippen LogP contribution < -0.4 is 5.73 Å². The van der Waals surface area contributed by atoms with Crippen molar-refractivity contribution in [3.05, 3.63) is 0 Å². The second-order valence-corrected chi connectivity index (χ2v) is 4.46. The number of hydrogen-bond acceptors (Lipinski definition) is 2. The fraction of sp³-hybridized carbons (Fsp3) is 0.769. The van der Waals surface area contributed by atoms with E-state index in [1.807, 2.05) is 4.90 Å². The maximum Gasteiger partial charge on any atom is 0.223 e. The van der Waals surface area contributed by atoms with Crippen LogP contribution in [0.3, 0.4) is 0 Å². The van der Waals surface area contributed by atoms with Crippen LogP contribution in [0, 0.1) is 18.3 Å². The van der Waals surface area contributed by atoms with Crippen LogP contribution in [0.2, 0.25) is 0 Å². The van der Waals surface area contributed by atoms with Crippen molar-refractivity contribution in [2.75, 3.05) is 19.6 Å². The number of terminal acetylenes is 1. The summed E-state index contributed by atoms with van der Waals surface area (Å²) in [6, 6.07) is 0. The van der Waals surface area contributed by atoms with Crippen molar-refractivity contribution >= 4 is 5.91 Å². The minimum absolute atomic E-state index is 0.143. The van der Waals surface area contributed by atoms with E-state index in [0.717, 1.165) is 32.5 Å². The number of unbranched alkanes of at least 4 members (excludes halogenated alkanes) is 4. The Morgan fingerprint density at radius 1 is 1.31 bits per heavy atom. The second-order valence-electron chi connectivity index (χ2n) is 4.46. The highest BCUT2D eigenvalue weighted by Crippen LogP contribution is 2.17. The lowest BCUT2D eigenvalue weighted by Crippen LogP contribution is -2.26. The van der Waals surface area contributed by atoms with Gasteiger partial charge in [-0.15, -0.1) is 12.3 Å². The smallest absolute Gasteiger partial charge is 0.223 e. The number of hydrogen-bond donors (Lipinski definition) is 1. The average molecular weight is 222 g/mol. The molecule has 1 atom stereocenters. The quantitative estimate of drug-likeness (QED) is 0.522. The van der Waals surface area contributed by atoms with Crippen molar-refractivity contribution in [2.45, 2.75) is 38.5 Å². The number of rotatable bonds is 7. The normalized spacial score (nSPS) is 20.1. The van der Waals surface area contributed by atoms with Crippen LogP contribution in [0.5, 0.6) is 0 Å². The molecule has 1 fully saturated rings. The maximum atomic E-state index is 11.5. The molecule has 1 unspecified atom stereocenters. The summed E-state index contributed by atoms with van der Waals surface area (Å²) in [7, 11) is 0. The Morgan fingerprint density at radius 2 is 2.00 bits per heavy atom. The van der Waals surface area contributed by atoms with E-state index in [4.69, 9.17) is 12.2 Å². The van der Waals surface area contributed by atoms with Crippen LogP contribution in [0.1, 0.15) is 38.5 Å². The first-order valence-corrected chi connectivity index (χ1v) is 6.22. The minimum Gasteiger partial charge on any atom is -0.341 e. The third kappa shape index (κ3) is 4.24. The van der Waals surface area contributed by atoms with Gasteiger partial charge < -0.3 is 10.6 Å². The second kappa shape index (κ2) is 7.29. The molecule has 1 aliphatic heterocycles. The Balaban J connectivity index is 2.05. The number of likely N-dealkylation sites (tertiary alicyclic amines) is 1. The van der Waals surface area contributed by atoms with Gasteiger partial charge in [-0.25, -0.2) is 0 Å². The molecule has 0 spiro atoms. The lowest BCUT2D eigenvalue weighted by atomic mass is 10.1. The summed E-state index contributed by atoms with van der Waals surface area (Å²) in [5.41, 5.74) is 5.42. The Labute approximate surface area is 98.4 Å². The molecule has 0 aliphatic carbocycles. The van der Waals surface area contributed by atoms with Gasteiger partial charge in [-0.1, -0.05) is 19.3 Å². The zero-order valence-corrected chi connectivity index (χ0v) is 9.95. The zero-order valence-electron chi connectivity index (χ0n) is 9.95. The number of nitrogens with two attached hydrogens (primary N) is 1. The highest BCUT2D eigenvalue weighted by Gasteiger charge is 2.27. The first-order chi connectivity index (χ1) is 7.77. The molecule has 1 rings (SSSR count). The third-order valence-electron chi connectivity index (χ3n) is 3.08. The summed E-state index contributed by atoms with van der Waals surface area (Å²) in [4.78, 5) is 13.4. The summed E-state index contributed by atoms with van der Waals surface area (Å²) in [6.45, 7) is 2.42. The molecule has 2 N–H and O–H groups in total. The summed E-state index contributed by atoms with van der Waals surface area (Å²) >= 11 is 0. The fourth-order valence-corrected chi connectivity index (χ4v) is 2.08. The van der Waals surface area contributed by atoms with Crippen LogP contribution in [0.4, 0.5) is 0 Å². The van der Waals surface area contributed by atoms with E-state index < -0.39 is 0 Å². The van der Waals surface area contributed by atoms with E-state index in [1.165, 1.54) is 19.3 Å². The summed E-state index contributed by atoms with van der Waals surface area (Å²) < 4.78 is 0. The Morgan fingerprint density at radius 3 is 2.62 bits per heavy atom. The molecule has 0 saturated carbocycles. The van der Waals surface area contributed by atoms with Gasteiger partial charge in [-0.05, 0) is 19.4 Å². The Kier molecular flexibility index (Phi) is 5.95. The number of nitrogens with zero attached hydrogens (tertiary/aromatic N) is 1. The number of amides is 1. The van der Waals surface area contributed by atoms with Gasteiger partial charge in [-0.3, -0.25) is 4.79 Å². The van der Waals surface area contributed by atoms with Crippen LogP contribution in [0.25, 0.3) is 0 Å². The molecule has 3 heteroatoms. The van der Waals surface area contributed by atoms with Gasteiger partial charge in [0.05, 0.1) is 0 Å². The number of carbonyl (C=O) groups is 1. The summed E-state index contributed by atoms with van der Waals surface area (Å²) in [5.74, 6) is 3.04. The molecule has 0 radical (unpaired) electrons. The van der Waals surface area contributed by atoms with Gasteiger partial charge in [0.2, 0.25) is 5.91 Å². The molecule has 0 aromatic heterocycles. The van der Waals surface area contributed by atoms with Crippen molar-refractivity contribution < 1.29 is 4.79 Å². The fourth-order valence-electron chi connectivity index (χ4n) is 2.08. The molecule has 0 aromatic rings. The zero-order chi connectivity index (χ0) is 11.8. The van der Waals surface area contributed by atoms with Crippen molar-refractivity contribution in [1.82, 2.24) is 4.90 Å². The van der Waals surface area contributed by atoms with Gasteiger partial charge in [0.15, 0.2) is 0 Å². The average Bonchev–Trinajstić information content (AvgIpc) is 2.65. The Bertz CT molecular complexity index is 257. The van der Waals surface area contributed by atoms with E-state index in [1.54, 1.807) is 0 Å². The molecular weight excluding hydrogens is 200 g/mol. The first-order valence-electron chi connectivity index (χ1n) is 6.22. The third-order valence-corrected chi connectivity index (χ3v) is 3.08. The van der Waals surface area contributed by atoms with E-state index >= 15 is 0 Å². The van der Waals surface area contributed by atoms with Crippen molar-refractivity contribution in [1.29, 1.82) is 0 Å². The van der Waals surface area contributed by atoms with E-state index in [-0.39, 0.29) is 11.8 Å². The van der Waals surface area contributed by atoms with Crippen molar-refractivity contribution in [3.8, 4) is 12.3 Å². The van der Waals surface area contributed by atoms with Gasteiger partial charge in [0, 0.05) is 25.4 Å². The molecule has 3 nitrogen and oxygen atoms in total. The maximum absolute atomic E-state index is 11.5. The summed E-state index contributed by atoms with van der Waals surface area (Å²) in [6.07, 6.45) is 11.7. The number of carbonyl (C=O) groups excluding carboxylic acids is 1. The van der Waals surface area contributed by atoms with Gasteiger partial charge in [0.1, 0.15) is 0 Å². The molecule has 16 heavy (non-hydrogen) atoms. The molecule has 1 saturated heterocycles. The van der Waals surface area contributed by atoms with Crippen molar-refractivity contribution in [2.24, 2.45) is 11.7 Å². The van der Waals surface area contributed by atoms with Gasteiger partial charge in [-0.2, -0.15) is 0 Å². The highest BCUT2D eigenvalue weighted by atomic mass is 16.2. The lowest BCUT2D eigenvalue weighted by molar-refractivity contribution is -0.127. The Hall–Kier alpha value is -1.01. The largest absolute Gasteiger partial charge is 0.341 e. The molecule has 90 valence electrons. The predicted octanol–water partition coefficient (Wildman–Crippen LogP) is 1.38. The molecule has 0 bridgehead atoms. The molecule has 1 amide bonds. The lowest BCUT2D eigenvalue weighted by Gasteiger charge is -2.15. The minimum atomic E-state index is 0.143. The SMILES string of the molecule is C#CC1CC(=O)N(CCCCCCCN)C1. The topological polar surface area (TPSA) is 46.3 Å². The van der Waals surface area contributed by atoms with E-state index in [9.17, 15) is 4.79 Å². The standard InChI is InChI=1S/C13H22N2O/c1-2-12-10-13(16)15(11-12)9-7-5-3-4-6-8-14/h1,12H,3-11,14H2. The molecular formula is C13H22N2O. The highest BCUT2D eigenvalue weighted by molar-refractivity contribution is 5.79. The first kappa shape index (κ1) is 13.1. The van der Waals surface area contributed by atoms with Crippen LogP contribution in [-0.4, -0.2) is 30.4 Å². The van der Waals surface area contributed by atoms with E-state index in [0.29, 0.717) is 6.42 Å². The monoisotopic (exact) mass is 222 g/mol. The van der Waals surface area contributed by atoms with Crippen LogP contribution >= 0.6 is 0 Å². The van der Waals surface area contributed by atoms with Crippen LogP contribution in [-0.2, 0) is 4.79 Å². The van der Waals surface area contributed by atoms with E-state index in [2.05, 4.69) is 5.92 Å². The van der Waals surface area contributed by atoms with Crippen LogP contribution in [0.15, 0.2) is 0 Å². The summed E-state index contributed by atoms with van der Waals surface area (Å²) in [5, 5.41) is 0. The van der Waals surface area contributed by atoms with Gasteiger partial charge >= 0.3 is 0 Å². The molecule has 0 aromatic carbocycles.